The van der Waals surface area contributed by atoms with E-state index in [1.807, 2.05) is 18.2 Å². The summed E-state index contributed by atoms with van der Waals surface area (Å²) in [5, 5.41) is 7.16. The predicted octanol–water partition coefficient (Wildman–Crippen LogP) is 4.58. The number of fused-ring (bicyclic) bond motifs is 1. The van der Waals surface area contributed by atoms with E-state index in [0.717, 1.165) is 5.69 Å². The first-order valence-corrected chi connectivity index (χ1v) is 8.35. The van der Waals surface area contributed by atoms with Crippen molar-refractivity contribution in [3.8, 4) is 11.5 Å². The van der Waals surface area contributed by atoms with Gasteiger partial charge in [0.2, 0.25) is 6.79 Å². The Bertz CT molecular complexity index is 983. The summed E-state index contributed by atoms with van der Waals surface area (Å²) < 4.78 is 10.7. The number of hydrogen-bond acceptors (Lipinski definition) is 7. The lowest BCUT2D eigenvalue weighted by Gasteiger charge is -2.13. The third kappa shape index (κ3) is 3.26. The van der Waals surface area contributed by atoms with Crippen LogP contribution in [0, 0.1) is 0 Å². The van der Waals surface area contributed by atoms with Gasteiger partial charge in [0.1, 0.15) is 12.0 Å². The van der Waals surface area contributed by atoms with E-state index in [0.29, 0.717) is 44.6 Å². The van der Waals surface area contributed by atoms with E-state index in [1.165, 1.54) is 6.33 Å². The van der Waals surface area contributed by atoms with Gasteiger partial charge in [-0.3, -0.25) is 0 Å². The average molecular weight is 390 g/mol. The minimum atomic E-state index is 0.214. The zero-order valence-electron chi connectivity index (χ0n) is 13.3. The fourth-order valence-corrected chi connectivity index (χ4v) is 2.71. The Hall–Kier alpha value is -2.90. The fourth-order valence-electron chi connectivity index (χ4n) is 2.42. The summed E-state index contributed by atoms with van der Waals surface area (Å²) in [6.07, 6.45) is 1.41. The van der Waals surface area contributed by atoms with Gasteiger partial charge in [-0.2, -0.15) is 0 Å². The maximum absolute atomic E-state index is 6.19. The highest BCUT2D eigenvalue weighted by atomic mass is 35.5. The number of nitrogens with zero attached hydrogens (tertiary/aromatic N) is 2. The van der Waals surface area contributed by atoms with Crippen LogP contribution in [0.25, 0.3) is 0 Å². The zero-order valence-corrected chi connectivity index (χ0v) is 14.8. The summed E-state index contributed by atoms with van der Waals surface area (Å²) in [6.45, 7) is 0.214. The molecule has 4 N–H and O–H groups in total. The molecule has 26 heavy (non-hydrogen) atoms. The highest BCUT2D eigenvalue weighted by Crippen LogP contribution is 2.36. The van der Waals surface area contributed by atoms with Crippen molar-refractivity contribution in [3.63, 3.8) is 0 Å². The van der Waals surface area contributed by atoms with Crippen LogP contribution in [0.2, 0.25) is 10.0 Å². The maximum atomic E-state index is 6.19. The largest absolute Gasteiger partial charge is 0.454 e. The molecule has 1 aliphatic heterocycles. The van der Waals surface area contributed by atoms with Crippen LogP contribution in [-0.4, -0.2) is 16.8 Å². The van der Waals surface area contributed by atoms with Crippen molar-refractivity contribution in [3.05, 3.63) is 52.8 Å². The number of aromatic nitrogens is 2. The Morgan fingerprint density at radius 1 is 0.846 bits per heavy atom. The van der Waals surface area contributed by atoms with E-state index in [9.17, 15) is 0 Å². The number of benzene rings is 2. The average Bonchev–Trinajstić information content (AvgIpc) is 3.09. The molecule has 1 aromatic heterocycles. The lowest BCUT2D eigenvalue weighted by Crippen LogP contribution is -2.05. The van der Waals surface area contributed by atoms with Gasteiger partial charge in [0, 0.05) is 17.4 Å². The van der Waals surface area contributed by atoms with Crippen molar-refractivity contribution in [2.24, 2.45) is 0 Å². The molecule has 7 nitrogen and oxygen atoms in total. The molecule has 0 atom stereocenters. The quantitative estimate of drug-likeness (QED) is 0.600. The highest BCUT2D eigenvalue weighted by molar-refractivity contribution is 6.42. The van der Waals surface area contributed by atoms with Crippen molar-refractivity contribution in [2.75, 3.05) is 23.2 Å². The molecule has 0 fully saturated rings. The molecule has 0 radical (unpaired) electrons. The van der Waals surface area contributed by atoms with E-state index in [-0.39, 0.29) is 6.79 Å². The van der Waals surface area contributed by atoms with E-state index in [4.69, 9.17) is 38.4 Å². The molecule has 0 bridgehead atoms. The molecular formula is C17H13Cl2N5O2. The monoisotopic (exact) mass is 389 g/mol. The molecule has 0 saturated heterocycles. The number of nitrogens with two attached hydrogens (primary N) is 1. The van der Waals surface area contributed by atoms with Gasteiger partial charge < -0.3 is 25.8 Å². The van der Waals surface area contributed by atoms with Crippen LogP contribution >= 0.6 is 23.2 Å². The van der Waals surface area contributed by atoms with Crippen LogP contribution in [0.4, 0.5) is 28.7 Å². The molecule has 3 aromatic rings. The van der Waals surface area contributed by atoms with Crippen molar-refractivity contribution in [1.29, 1.82) is 0 Å². The van der Waals surface area contributed by atoms with Crippen molar-refractivity contribution >= 4 is 51.9 Å². The van der Waals surface area contributed by atoms with Crippen LogP contribution in [0.5, 0.6) is 11.5 Å². The van der Waals surface area contributed by atoms with Crippen LogP contribution < -0.4 is 25.8 Å². The van der Waals surface area contributed by atoms with Gasteiger partial charge in [-0.05, 0) is 30.3 Å². The van der Waals surface area contributed by atoms with Gasteiger partial charge >= 0.3 is 0 Å². The number of ether oxygens (including phenoxy) is 2. The van der Waals surface area contributed by atoms with Gasteiger partial charge in [-0.25, -0.2) is 9.97 Å². The smallest absolute Gasteiger partial charge is 0.231 e. The summed E-state index contributed by atoms with van der Waals surface area (Å²) in [7, 11) is 0. The second-order valence-corrected chi connectivity index (χ2v) is 6.25. The van der Waals surface area contributed by atoms with Gasteiger partial charge in [-0.1, -0.05) is 23.2 Å². The second kappa shape index (κ2) is 6.78. The van der Waals surface area contributed by atoms with Crippen molar-refractivity contribution in [1.82, 2.24) is 9.97 Å². The van der Waals surface area contributed by atoms with E-state index in [2.05, 4.69) is 20.6 Å². The minimum absolute atomic E-state index is 0.214. The second-order valence-electron chi connectivity index (χ2n) is 5.43. The Labute approximate surface area is 159 Å². The number of nitrogen functional groups attached to an aromatic ring is 1. The first-order chi connectivity index (χ1) is 12.6. The summed E-state index contributed by atoms with van der Waals surface area (Å²) in [6, 6.07) is 10.6. The molecule has 9 heteroatoms. The third-order valence-corrected chi connectivity index (χ3v) is 4.44. The lowest BCUT2D eigenvalue weighted by molar-refractivity contribution is 0.174. The SMILES string of the molecule is Nc1c(Nc2ccc(Cl)c(Cl)c2)ncnc1Nc1ccc2c(c1)OCO2. The number of anilines is 5. The van der Waals surface area contributed by atoms with Gasteiger partial charge in [-0.15, -0.1) is 0 Å². The fraction of sp³-hybridized carbons (Fsp3) is 0.0588. The van der Waals surface area contributed by atoms with Gasteiger partial charge in [0.15, 0.2) is 23.1 Å². The number of hydrogen-bond donors (Lipinski definition) is 3. The summed E-state index contributed by atoms with van der Waals surface area (Å²) in [4.78, 5) is 8.37. The lowest BCUT2D eigenvalue weighted by atomic mass is 10.2. The molecule has 0 amide bonds. The Kier molecular flexibility index (Phi) is 4.32. The van der Waals surface area contributed by atoms with E-state index in [1.54, 1.807) is 18.2 Å². The summed E-state index contributed by atoms with van der Waals surface area (Å²) >= 11 is 12.0. The first-order valence-electron chi connectivity index (χ1n) is 7.59. The number of rotatable bonds is 4. The van der Waals surface area contributed by atoms with E-state index < -0.39 is 0 Å². The molecule has 2 heterocycles. The Morgan fingerprint density at radius 2 is 1.50 bits per heavy atom. The van der Waals surface area contributed by atoms with Crippen molar-refractivity contribution < 1.29 is 9.47 Å². The molecule has 0 saturated carbocycles. The molecule has 132 valence electrons. The molecule has 2 aromatic carbocycles. The summed E-state index contributed by atoms with van der Waals surface area (Å²) in [5.74, 6) is 2.27. The van der Waals surface area contributed by atoms with E-state index >= 15 is 0 Å². The minimum Gasteiger partial charge on any atom is -0.454 e. The van der Waals surface area contributed by atoms with Crippen LogP contribution in [0.1, 0.15) is 0 Å². The molecule has 0 spiro atoms. The highest BCUT2D eigenvalue weighted by Gasteiger charge is 2.15. The van der Waals surface area contributed by atoms with Gasteiger partial charge in [0.25, 0.3) is 0 Å². The molecule has 0 aliphatic carbocycles. The number of nitrogens with one attached hydrogen (secondary N) is 2. The Balaban J connectivity index is 1.58. The standard InChI is InChI=1S/C17H13Cl2N5O2/c18-11-3-1-9(5-12(11)19)23-16-15(20)17(22-7-21-16)24-10-2-4-13-14(6-10)26-8-25-13/h1-7H,8,20H2,(H2,21,22,23,24). The van der Waals surface area contributed by atoms with Crippen LogP contribution in [0.3, 0.4) is 0 Å². The maximum Gasteiger partial charge on any atom is 0.231 e. The molecular weight excluding hydrogens is 377 g/mol. The molecule has 1 aliphatic rings. The molecule has 4 rings (SSSR count). The van der Waals surface area contributed by atoms with Crippen LogP contribution in [0.15, 0.2) is 42.7 Å². The first kappa shape index (κ1) is 16.6. The number of halogens is 2. The normalized spacial score (nSPS) is 12.1. The van der Waals surface area contributed by atoms with Gasteiger partial charge in [0.05, 0.1) is 10.0 Å². The zero-order chi connectivity index (χ0) is 18.1. The van der Waals surface area contributed by atoms with Crippen molar-refractivity contribution in [2.45, 2.75) is 0 Å². The van der Waals surface area contributed by atoms with Crippen LogP contribution in [-0.2, 0) is 0 Å². The predicted molar refractivity (Wildman–Crippen MR) is 102 cm³/mol. The topological polar surface area (TPSA) is 94.3 Å². The third-order valence-electron chi connectivity index (χ3n) is 3.70. The Morgan fingerprint density at radius 3 is 2.23 bits per heavy atom. The summed E-state index contributed by atoms with van der Waals surface area (Å²) in [5.41, 5.74) is 8.02. The molecule has 0 unspecified atom stereocenters.